The summed E-state index contributed by atoms with van der Waals surface area (Å²) in [7, 11) is 1.74. The molecule has 0 heterocycles. The zero-order chi connectivity index (χ0) is 19.9. The monoisotopic (exact) mass is 484 g/mol. The second kappa shape index (κ2) is 7.52. The molecule has 0 fully saturated rings. The van der Waals surface area contributed by atoms with E-state index in [-0.39, 0.29) is 10.5 Å². The molecule has 0 aromatic heterocycles. The first-order chi connectivity index (χ1) is 11.8. The van der Waals surface area contributed by atoms with Gasteiger partial charge in [-0.3, -0.25) is 0 Å². The summed E-state index contributed by atoms with van der Waals surface area (Å²) in [4.78, 5) is -0.862. The van der Waals surface area contributed by atoms with Gasteiger partial charge in [0.25, 0.3) is 0 Å². The fraction of sp³-hybridized carbons (Fsp3) is 0.143. The first-order valence-electron chi connectivity index (χ1n) is 6.37. The minimum atomic E-state index is -4.80. The van der Waals surface area contributed by atoms with Crippen molar-refractivity contribution >= 4 is 42.2 Å². The van der Waals surface area contributed by atoms with Crippen molar-refractivity contribution in [2.75, 3.05) is 0 Å². The van der Waals surface area contributed by atoms with Crippen LogP contribution in [-0.2, 0) is 6.11 Å². The van der Waals surface area contributed by atoms with Gasteiger partial charge in [-0.1, -0.05) is 15.9 Å². The van der Waals surface area contributed by atoms with Crippen LogP contribution in [0.25, 0.3) is 0 Å². The van der Waals surface area contributed by atoms with Gasteiger partial charge in [0.1, 0.15) is 28.8 Å². The topological polar surface area (TPSA) is 9.23 Å². The second-order valence-corrected chi connectivity index (χ2v) is 7.35. The lowest BCUT2D eigenvalue weighted by molar-refractivity contribution is -0.189. The molecule has 1 unspecified atom stereocenters. The number of benzene rings is 2. The normalized spacial score (nSPS) is 12.4. The third kappa shape index (κ3) is 5.01. The van der Waals surface area contributed by atoms with E-state index < -0.39 is 62.3 Å². The molecule has 0 bridgehead atoms. The Bertz CT molecular complexity index is 796. The highest BCUT2D eigenvalue weighted by Crippen LogP contribution is 2.40. The predicted molar refractivity (Wildman–Crippen MR) is 86.2 cm³/mol. The molecule has 1 nitrogen and oxygen atoms in total. The molecule has 142 valence electrons. The Morgan fingerprint density at radius 1 is 0.885 bits per heavy atom. The van der Waals surface area contributed by atoms with E-state index in [0.717, 1.165) is 0 Å². The highest BCUT2D eigenvalue weighted by molar-refractivity contribution is 9.10. The summed E-state index contributed by atoms with van der Waals surface area (Å²) in [5.74, 6) is -5.65. The van der Waals surface area contributed by atoms with Crippen LogP contribution in [0.5, 0.6) is 5.75 Å². The molecule has 0 spiro atoms. The number of rotatable bonds is 4. The molecule has 0 saturated carbocycles. The van der Waals surface area contributed by atoms with E-state index in [1.54, 1.807) is 9.24 Å². The minimum absolute atomic E-state index is 0.140. The van der Waals surface area contributed by atoms with Crippen LogP contribution in [0.15, 0.2) is 33.6 Å². The Balaban J connectivity index is 2.39. The van der Waals surface area contributed by atoms with Crippen molar-refractivity contribution in [2.24, 2.45) is 0 Å². The Hall–Kier alpha value is -1.06. The molecule has 2 rings (SSSR count). The van der Waals surface area contributed by atoms with Crippen LogP contribution in [0.2, 0.25) is 0 Å². The van der Waals surface area contributed by atoms with Gasteiger partial charge in [0.15, 0.2) is 0 Å². The zero-order valence-electron chi connectivity index (χ0n) is 12.1. The van der Waals surface area contributed by atoms with Crippen LogP contribution in [0, 0.1) is 17.5 Å². The number of thioether (sulfide) groups is 1. The molecule has 0 aliphatic carbocycles. The van der Waals surface area contributed by atoms with Crippen LogP contribution < -0.4 is 10.0 Å². The van der Waals surface area contributed by atoms with E-state index in [2.05, 4.69) is 20.7 Å². The Labute approximate surface area is 156 Å². The first-order valence-corrected chi connectivity index (χ1v) is 8.55. The Morgan fingerprint density at radius 2 is 1.42 bits per heavy atom. The highest BCUT2D eigenvalue weighted by atomic mass is 79.9. The maximum absolute atomic E-state index is 14.1. The molecule has 26 heavy (non-hydrogen) atoms. The van der Waals surface area contributed by atoms with Crippen LogP contribution in [0.3, 0.4) is 0 Å². The Morgan fingerprint density at radius 3 is 1.88 bits per heavy atom. The molecule has 2 aromatic rings. The van der Waals surface area contributed by atoms with Crippen molar-refractivity contribution in [1.29, 1.82) is 0 Å². The molecular weight excluding hydrogens is 479 g/mol. The largest absolute Gasteiger partial charge is 0.446 e. The number of hydrogen-bond acceptors (Lipinski definition) is 2. The summed E-state index contributed by atoms with van der Waals surface area (Å²) in [5.41, 5.74) is -6.53. The van der Waals surface area contributed by atoms with Gasteiger partial charge in [0.2, 0.25) is 0 Å². The van der Waals surface area contributed by atoms with Gasteiger partial charge in [-0.2, -0.15) is 22.0 Å². The Kier molecular flexibility index (Phi) is 6.14. The maximum Gasteiger partial charge on any atom is 0.446 e. The molecule has 0 aliphatic rings. The number of ether oxygens (including phenoxy) is 1. The van der Waals surface area contributed by atoms with Gasteiger partial charge in [-0.25, -0.2) is 13.2 Å². The fourth-order valence-corrected chi connectivity index (χ4v) is 3.34. The van der Waals surface area contributed by atoms with Gasteiger partial charge in [0, 0.05) is 10.5 Å². The highest BCUT2D eigenvalue weighted by Gasteiger charge is 2.41. The molecule has 0 radical (unpaired) electrons. The lowest BCUT2D eigenvalue weighted by atomic mass is 10.2. The van der Waals surface area contributed by atoms with E-state index in [9.17, 15) is 35.1 Å². The fourth-order valence-electron chi connectivity index (χ4n) is 1.89. The molecular formula is C14H6BrF8OPS. The second-order valence-electron chi connectivity index (χ2n) is 4.73. The van der Waals surface area contributed by atoms with Gasteiger partial charge in [0.05, 0.1) is 4.90 Å². The molecule has 0 aliphatic heterocycles. The van der Waals surface area contributed by atoms with Gasteiger partial charge >= 0.3 is 11.6 Å². The third-order valence-electron chi connectivity index (χ3n) is 2.81. The van der Waals surface area contributed by atoms with E-state index in [4.69, 9.17) is 0 Å². The summed E-state index contributed by atoms with van der Waals surface area (Å²) in [6.07, 6.45) is -4.54. The number of hydrogen-bond donors (Lipinski definition) is 0. The van der Waals surface area contributed by atoms with E-state index >= 15 is 0 Å². The van der Waals surface area contributed by atoms with Crippen molar-refractivity contribution in [1.82, 2.24) is 0 Å². The van der Waals surface area contributed by atoms with Crippen LogP contribution >= 0.6 is 36.9 Å². The molecule has 12 heteroatoms. The summed E-state index contributed by atoms with van der Waals surface area (Å²) < 4.78 is 110. The smallest absolute Gasteiger partial charge is 0.429 e. The van der Waals surface area contributed by atoms with E-state index in [1.807, 2.05) is 0 Å². The van der Waals surface area contributed by atoms with Gasteiger partial charge < -0.3 is 4.74 Å². The van der Waals surface area contributed by atoms with Crippen molar-refractivity contribution in [2.45, 2.75) is 16.5 Å². The van der Waals surface area contributed by atoms with Crippen LogP contribution in [-0.4, -0.2) is 5.51 Å². The molecule has 2 aromatic carbocycles. The molecule has 0 saturated heterocycles. The zero-order valence-corrected chi connectivity index (χ0v) is 15.7. The quantitative estimate of drug-likeness (QED) is 0.294. The van der Waals surface area contributed by atoms with Crippen LogP contribution in [0.1, 0.15) is 5.56 Å². The standard InChI is InChI=1S/C14H6BrF8OPS/c15-5-1-7(16)11(8(17)2-5)13(19,20)24-6-3-9(18)12(10(25)4-6)26-14(21,22)23/h1-4H,25H2. The lowest BCUT2D eigenvalue weighted by Gasteiger charge is -2.20. The molecule has 0 amide bonds. The predicted octanol–water partition coefficient (Wildman–Crippen LogP) is 6.11. The van der Waals surface area contributed by atoms with Gasteiger partial charge in [-0.05, 0) is 35.3 Å². The average Bonchev–Trinajstić information content (AvgIpc) is 2.39. The third-order valence-corrected chi connectivity index (χ3v) is 4.80. The average molecular weight is 485 g/mol. The first kappa shape index (κ1) is 21.2. The summed E-state index contributed by atoms with van der Waals surface area (Å²) in [6.45, 7) is 0. The van der Waals surface area contributed by atoms with E-state index in [1.165, 1.54) is 0 Å². The molecule has 0 N–H and O–H groups in total. The SMILES string of the molecule is Fc1cc(OC(F)(F)c2c(F)cc(Br)cc2F)cc(P)c1SC(F)(F)F. The lowest BCUT2D eigenvalue weighted by Crippen LogP contribution is -2.25. The van der Waals surface area contributed by atoms with Crippen LogP contribution in [0.4, 0.5) is 35.1 Å². The van der Waals surface area contributed by atoms with Gasteiger partial charge in [-0.15, -0.1) is 9.24 Å². The maximum atomic E-state index is 14.1. The number of halogens is 9. The summed E-state index contributed by atoms with van der Waals surface area (Å²) in [5, 5.41) is -0.421. The summed E-state index contributed by atoms with van der Waals surface area (Å²) >= 11 is 1.94. The van der Waals surface area contributed by atoms with E-state index in [0.29, 0.717) is 18.2 Å². The van der Waals surface area contributed by atoms with Crippen molar-refractivity contribution in [3.05, 3.63) is 51.8 Å². The minimum Gasteiger partial charge on any atom is -0.429 e. The van der Waals surface area contributed by atoms with Crippen molar-refractivity contribution in [3.8, 4) is 5.75 Å². The summed E-state index contributed by atoms with van der Waals surface area (Å²) in [6, 6.07) is 2.08. The van der Waals surface area contributed by atoms with Crippen molar-refractivity contribution in [3.63, 3.8) is 0 Å². The molecule has 1 atom stereocenters. The van der Waals surface area contributed by atoms with Crippen molar-refractivity contribution < 1.29 is 39.9 Å². The number of alkyl halides is 5.